The molecule has 0 saturated carbocycles. The number of ether oxygens (including phenoxy) is 1. The average molecular weight is 312 g/mol. The van der Waals surface area contributed by atoms with E-state index in [1.807, 2.05) is 30.3 Å². The number of rotatable bonds is 7. The SMILES string of the molecule is COc1ccc(C(=O)C(C)C(CC(=O)O)c2ccccc2)cc1. The van der Waals surface area contributed by atoms with E-state index in [0.717, 1.165) is 5.56 Å². The van der Waals surface area contributed by atoms with Crippen molar-refractivity contribution in [3.05, 3.63) is 65.7 Å². The van der Waals surface area contributed by atoms with Crippen LogP contribution in [0.1, 0.15) is 35.2 Å². The molecule has 0 aliphatic rings. The van der Waals surface area contributed by atoms with Crippen LogP contribution in [0.15, 0.2) is 54.6 Å². The predicted octanol–water partition coefficient (Wildman–Crippen LogP) is 3.77. The van der Waals surface area contributed by atoms with Crippen LogP contribution in [-0.2, 0) is 4.79 Å². The van der Waals surface area contributed by atoms with Gasteiger partial charge in [0.15, 0.2) is 5.78 Å². The predicted molar refractivity (Wildman–Crippen MR) is 87.9 cm³/mol. The highest BCUT2D eigenvalue weighted by atomic mass is 16.5. The third-order valence-corrected chi connectivity index (χ3v) is 4.01. The first kappa shape index (κ1) is 16.7. The van der Waals surface area contributed by atoms with Crippen LogP contribution in [0.4, 0.5) is 0 Å². The lowest BCUT2D eigenvalue weighted by molar-refractivity contribution is -0.137. The van der Waals surface area contributed by atoms with E-state index in [0.29, 0.717) is 11.3 Å². The summed E-state index contributed by atoms with van der Waals surface area (Å²) in [4.78, 5) is 23.9. The zero-order valence-corrected chi connectivity index (χ0v) is 13.2. The van der Waals surface area contributed by atoms with Gasteiger partial charge in [0.2, 0.25) is 0 Å². The Morgan fingerprint density at radius 2 is 1.65 bits per heavy atom. The first-order valence-electron chi connectivity index (χ1n) is 7.48. The molecule has 2 atom stereocenters. The van der Waals surface area contributed by atoms with Gasteiger partial charge in [0.25, 0.3) is 0 Å². The molecule has 4 nitrogen and oxygen atoms in total. The standard InChI is InChI=1S/C19H20O4/c1-13(19(22)15-8-10-16(23-2)11-9-15)17(12-18(20)21)14-6-4-3-5-7-14/h3-11,13,17H,12H2,1-2H3,(H,20,21). The molecule has 120 valence electrons. The van der Waals surface area contributed by atoms with Gasteiger partial charge in [0.1, 0.15) is 5.75 Å². The second-order valence-electron chi connectivity index (χ2n) is 5.50. The molecule has 4 heteroatoms. The van der Waals surface area contributed by atoms with Crippen molar-refractivity contribution in [1.82, 2.24) is 0 Å². The average Bonchev–Trinajstić information content (AvgIpc) is 2.59. The quantitative estimate of drug-likeness (QED) is 0.790. The first-order chi connectivity index (χ1) is 11.0. The number of Topliss-reactive ketones (excluding diaryl/α,β-unsaturated/α-hetero) is 1. The molecule has 0 aromatic heterocycles. The Morgan fingerprint density at radius 1 is 1.04 bits per heavy atom. The maximum Gasteiger partial charge on any atom is 0.303 e. The van der Waals surface area contributed by atoms with Crippen molar-refractivity contribution in [1.29, 1.82) is 0 Å². The van der Waals surface area contributed by atoms with Crippen molar-refractivity contribution in [2.45, 2.75) is 19.3 Å². The van der Waals surface area contributed by atoms with Gasteiger partial charge in [-0.1, -0.05) is 37.3 Å². The van der Waals surface area contributed by atoms with Crippen molar-refractivity contribution in [3.63, 3.8) is 0 Å². The topological polar surface area (TPSA) is 63.6 Å². The second-order valence-corrected chi connectivity index (χ2v) is 5.50. The van der Waals surface area contributed by atoms with Crippen molar-refractivity contribution in [2.75, 3.05) is 7.11 Å². The third kappa shape index (κ3) is 4.19. The maximum absolute atomic E-state index is 12.7. The van der Waals surface area contributed by atoms with Crippen molar-refractivity contribution >= 4 is 11.8 Å². The lowest BCUT2D eigenvalue weighted by Crippen LogP contribution is -2.22. The summed E-state index contributed by atoms with van der Waals surface area (Å²) in [5.41, 5.74) is 1.42. The van der Waals surface area contributed by atoms with Gasteiger partial charge in [-0.2, -0.15) is 0 Å². The number of aliphatic carboxylic acids is 1. The molecule has 2 unspecified atom stereocenters. The molecular weight excluding hydrogens is 292 g/mol. The van der Waals surface area contributed by atoms with Gasteiger partial charge in [-0.3, -0.25) is 9.59 Å². The Morgan fingerprint density at radius 3 is 2.17 bits per heavy atom. The summed E-state index contributed by atoms with van der Waals surface area (Å²) in [5, 5.41) is 9.19. The summed E-state index contributed by atoms with van der Waals surface area (Å²) in [6.45, 7) is 1.78. The van der Waals surface area contributed by atoms with Crippen LogP contribution >= 0.6 is 0 Å². The first-order valence-corrected chi connectivity index (χ1v) is 7.48. The summed E-state index contributed by atoms with van der Waals surface area (Å²) in [7, 11) is 1.57. The summed E-state index contributed by atoms with van der Waals surface area (Å²) < 4.78 is 5.09. The summed E-state index contributed by atoms with van der Waals surface area (Å²) in [5.74, 6) is -1.08. The molecule has 2 aromatic rings. The van der Waals surface area contributed by atoms with Crippen LogP contribution in [0.5, 0.6) is 5.75 Å². The van der Waals surface area contributed by atoms with Gasteiger partial charge < -0.3 is 9.84 Å². The van der Waals surface area contributed by atoms with Crippen LogP contribution in [0.2, 0.25) is 0 Å². The molecule has 0 bridgehead atoms. The van der Waals surface area contributed by atoms with Gasteiger partial charge in [0.05, 0.1) is 13.5 Å². The van der Waals surface area contributed by atoms with E-state index in [1.165, 1.54) is 0 Å². The highest BCUT2D eigenvalue weighted by Crippen LogP contribution is 2.31. The minimum Gasteiger partial charge on any atom is -0.497 e. The maximum atomic E-state index is 12.7. The molecule has 0 aliphatic heterocycles. The van der Waals surface area contributed by atoms with Gasteiger partial charge in [-0.15, -0.1) is 0 Å². The molecule has 1 N–H and O–H groups in total. The molecule has 0 radical (unpaired) electrons. The van der Waals surface area contributed by atoms with Crippen molar-refractivity contribution in [3.8, 4) is 5.75 Å². The molecule has 2 aromatic carbocycles. The van der Waals surface area contributed by atoms with Gasteiger partial charge in [0, 0.05) is 17.4 Å². The van der Waals surface area contributed by atoms with E-state index < -0.39 is 11.9 Å². The zero-order chi connectivity index (χ0) is 16.8. The molecule has 0 amide bonds. The van der Waals surface area contributed by atoms with Crippen LogP contribution in [0.25, 0.3) is 0 Å². The van der Waals surface area contributed by atoms with Crippen molar-refractivity contribution < 1.29 is 19.4 Å². The summed E-state index contributed by atoms with van der Waals surface area (Å²) in [6, 6.07) is 16.2. The molecule has 23 heavy (non-hydrogen) atoms. The largest absolute Gasteiger partial charge is 0.497 e. The number of carbonyl (C=O) groups excluding carboxylic acids is 1. The molecule has 0 spiro atoms. The van der Waals surface area contributed by atoms with Crippen LogP contribution in [0, 0.1) is 5.92 Å². The van der Waals surface area contributed by atoms with Gasteiger partial charge in [-0.05, 0) is 29.8 Å². The lowest BCUT2D eigenvalue weighted by atomic mass is 9.80. The highest BCUT2D eigenvalue weighted by Gasteiger charge is 2.28. The second kappa shape index (κ2) is 7.58. The van der Waals surface area contributed by atoms with E-state index >= 15 is 0 Å². The number of ketones is 1. The normalized spacial score (nSPS) is 13.1. The van der Waals surface area contributed by atoms with E-state index in [1.54, 1.807) is 38.3 Å². The molecule has 0 heterocycles. The Bertz CT molecular complexity index is 662. The third-order valence-electron chi connectivity index (χ3n) is 4.01. The summed E-state index contributed by atoms with van der Waals surface area (Å²) in [6.07, 6.45) is -0.0763. The number of methoxy groups -OCH3 is 1. The summed E-state index contributed by atoms with van der Waals surface area (Å²) >= 11 is 0. The molecule has 0 saturated heterocycles. The van der Waals surface area contributed by atoms with E-state index in [-0.39, 0.29) is 18.1 Å². The Balaban J connectivity index is 2.26. The van der Waals surface area contributed by atoms with Gasteiger partial charge in [-0.25, -0.2) is 0 Å². The molecule has 2 rings (SSSR count). The number of carboxylic acids is 1. The molecule has 0 aliphatic carbocycles. The number of hydrogen-bond donors (Lipinski definition) is 1. The minimum atomic E-state index is -0.909. The van der Waals surface area contributed by atoms with E-state index in [2.05, 4.69) is 0 Å². The number of carbonyl (C=O) groups is 2. The number of carboxylic acid groups (broad SMARTS) is 1. The minimum absolute atomic E-state index is 0.0669. The fraction of sp³-hybridized carbons (Fsp3) is 0.263. The zero-order valence-electron chi connectivity index (χ0n) is 13.2. The smallest absolute Gasteiger partial charge is 0.303 e. The molecule has 0 fully saturated rings. The monoisotopic (exact) mass is 312 g/mol. The lowest BCUT2D eigenvalue weighted by Gasteiger charge is -2.22. The number of benzene rings is 2. The fourth-order valence-corrected chi connectivity index (χ4v) is 2.67. The van der Waals surface area contributed by atoms with Crippen LogP contribution in [-0.4, -0.2) is 24.0 Å². The molecular formula is C19H20O4. The van der Waals surface area contributed by atoms with Crippen molar-refractivity contribution in [2.24, 2.45) is 5.92 Å². The Labute approximate surface area is 135 Å². The van der Waals surface area contributed by atoms with Gasteiger partial charge >= 0.3 is 5.97 Å². The van der Waals surface area contributed by atoms with Crippen LogP contribution in [0.3, 0.4) is 0 Å². The highest BCUT2D eigenvalue weighted by molar-refractivity contribution is 5.98. The Hall–Kier alpha value is -2.62. The van der Waals surface area contributed by atoms with E-state index in [4.69, 9.17) is 4.74 Å². The number of hydrogen-bond acceptors (Lipinski definition) is 3. The van der Waals surface area contributed by atoms with E-state index in [9.17, 15) is 14.7 Å². The fourth-order valence-electron chi connectivity index (χ4n) is 2.67. The van der Waals surface area contributed by atoms with Crippen LogP contribution < -0.4 is 4.74 Å². The Kier molecular flexibility index (Phi) is 5.52.